The number of nitrogens with zero attached hydrogens (tertiary/aromatic N) is 2. The van der Waals surface area contributed by atoms with E-state index >= 15 is 0 Å². The van der Waals surface area contributed by atoms with E-state index < -0.39 is 5.97 Å². The van der Waals surface area contributed by atoms with E-state index in [2.05, 4.69) is 9.88 Å². The van der Waals surface area contributed by atoms with Crippen molar-refractivity contribution in [1.29, 1.82) is 0 Å². The van der Waals surface area contributed by atoms with Gasteiger partial charge in [-0.25, -0.2) is 4.98 Å². The molecule has 1 aliphatic rings. The summed E-state index contributed by atoms with van der Waals surface area (Å²) in [5.41, 5.74) is 1.06. The Morgan fingerprint density at radius 3 is 2.71 bits per heavy atom. The molecule has 0 bridgehead atoms. The average Bonchev–Trinajstić information content (AvgIpc) is 2.30. The molecule has 4 nitrogen and oxygen atoms in total. The molecule has 1 fully saturated rings. The highest BCUT2D eigenvalue weighted by Crippen LogP contribution is 2.25. The molecular formula is C12H15ClN2O2. The minimum Gasteiger partial charge on any atom is -0.481 e. The van der Waals surface area contributed by atoms with Gasteiger partial charge in [0.15, 0.2) is 0 Å². The average molecular weight is 255 g/mol. The second-order valence-electron chi connectivity index (χ2n) is 4.37. The molecule has 5 heteroatoms. The van der Waals surface area contributed by atoms with Gasteiger partial charge in [0, 0.05) is 19.5 Å². The summed E-state index contributed by atoms with van der Waals surface area (Å²) in [6.45, 7) is 1.78. The predicted octanol–water partition coefficient (Wildman–Crippen LogP) is 2.43. The van der Waals surface area contributed by atoms with E-state index in [0.717, 1.165) is 31.6 Å². The predicted molar refractivity (Wildman–Crippen MR) is 66.4 cm³/mol. The molecule has 2 heterocycles. The summed E-state index contributed by atoms with van der Waals surface area (Å²) in [7, 11) is 0. The number of carbonyl (C=O) groups is 1. The number of piperidine rings is 1. The molecule has 1 aliphatic heterocycles. The molecule has 1 aromatic rings. The van der Waals surface area contributed by atoms with E-state index in [4.69, 9.17) is 16.7 Å². The molecule has 1 aromatic heterocycles. The molecule has 0 unspecified atom stereocenters. The Hall–Kier alpha value is -1.29. The summed E-state index contributed by atoms with van der Waals surface area (Å²) in [5, 5.41) is 9.24. The molecule has 0 atom stereocenters. The lowest BCUT2D eigenvalue weighted by molar-refractivity contribution is -0.138. The second kappa shape index (κ2) is 5.36. The third-order valence-electron chi connectivity index (χ3n) is 3.15. The fourth-order valence-electron chi connectivity index (χ4n) is 2.20. The molecule has 1 N–H and O–H groups in total. The molecule has 17 heavy (non-hydrogen) atoms. The fraction of sp³-hybridized carbons (Fsp3) is 0.500. The zero-order valence-electron chi connectivity index (χ0n) is 9.47. The van der Waals surface area contributed by atoms with Gasteiger partial charge in [0.05, 0.1) is 11.9 Å². The van der Waals surface area contributed by atoms with Crippen LogP contribution in [0.3, 0.4) is 0 Å². The SMILES string of the molecule is O=C(O)CC1CCN(c2ccc(Cl)nc2)CC1. The number of aromatic nitrogens is 1. The minimum atomic E-state index is -0.698. The highest BCUT2D eigenvalue weighted by Gasteiger charge is 2.21. The fourth-order valence-corrected chi connectivity index (χ4v) is 2.31. The first-order valence-electron chi connectivity index (χ1n) is 5.73. The Morgan fingerprint density at radius 2 is 2.18 bits per heavy atom. The Labute approximate surface area is 105 Å². The summed E-state index contributed by atoms with van der Waals surface area (Å²) >= 11 is 5.74. The zero-order chi connectivity index (χ0) is 12.3. The second-order valence-corrected chi connectivity index (χ2v) is 4.75. The van der Waals surface area contributed by atoms with Crippen LogP contribution in [0.2, 0.25) is 5.15 Å². The summed E-state index contributed by atoms with van der Waals surface area (Å²) in [6, 6.07) is 3.73. The number of carboxylic acid groups (broad SMARTS) is 1. The Kier molecular flexibility index (Phi) is 3.84. The van der Waals surface area contributed by atoms with Crippen LogP contribution >= 0.6 is 11.6 Å². The molecule has 92 valence electrons. The highest BCUT2D eigenvalue weighted by molar-refractivity contribution is 6.29. The molecule has 2 rings (SSSR count). The molecule has 0 aliphatic carbocycles. The van der Waals surface area contributed by atoms with Gasteiger partial charge in [0.25, 0.3) is 0 Å². The van der Waals surface area contributed by atoms with Gasteiger partial charge in [-0.2, -0.15) is 0 Å². The number of rotatable bonds is 3. The van der Waals surface area contributed by atoms with Crippen LogP contribution in [0.15, 0.2) is 18.3 Å². The minimum absolute atomic E-state index is 0.284. The van der Waals surface area contributed by atoms with Crippen molar-refractivity contribution in [3.05, 3.63) is 23.5 Å². The number of hydrogen-bond acceptors (Lipinski definition) is 3. The van der Waals surface area contributed by atoms with Crippen LogP contribution in [-0.2, 0) is 4.79 Å². The van der Waals surface area contributed by atoms with E-state index in [1.807, 2.05) is 6.07 Å². The largest absolute Gasteiger partial charge is 0.481 e. The lowest BCUT2D eigenvalue weighted by atomic mass is 9.93. The maximum atomic E-state index is 10.6. The smallest absolute Gasteiger partial charge is 0.303 e. The van der Waals surface area contributed by atoms with Gasteiger partial charge in [-0.15, -0.1) is 0 Å². The molecule has 0 saturated carbocycles. The number of pyridine rings is 1. The first-order valence-corrected chi connectivity index (χ1v) is 6.11. The molecule has 0 amide bonds. The summed E-state index contributed by atoms with van der Waals surface area (Å²) < 4.78 is 0. The van der Waals surface area contributed by atoms with Crippen LogP contribution < -0.4 is 4.90 Å². The molecular weight excluding hydrogens is 240 g/mol. The van der Waals surface area contributed by atoms with Gasteiger partial charge >= 0.3 is 5.97 Å². The van der Waals surface area contributed by atoms with Crippen molar-refractivity contribution in [2.45, 2.75) is 19.3 Å². The first-order chi connectivity index (χ1) is 8.15. The third-order valence-corrected chi connectivity index (χ3v) is 3.38. The van der Waals surface area contributed by atoms with E-state index in [9.17, 15) is 4.79 Å². The van der Waals surface area contributed by atoms with Crippen LogP contribution in [0.1, 0.15) is 19.3 Å². The summed E-state index contributed by atoms with van der Waals surface area (Å²) in [5.74, 6) is -0.388. The van der Waals surface area contributed by atoms with Crippen molar-refractivity contribution >= 4 is 23.3 Å². The first kappa shape index (κ1) is 12.2. The molecule has 0 radical (unpaired) electrons. The third kappa shape index (κ3) is 3.33. The summed E-state index contributed by atoms with van der Waals surface area (Å²) in [6.07, 6.45) is 3.90. The van der Waals surface area contributed by atoms with E-state index in [1.165, 1.54) is 0 Å². The number of aliphatic carboxylic acids is 1. The summed E-state index contributed by atoms with van der Waals surface area (Å²) in [4.78, 5) is 16.9. The van der Waals surface area contributed by atoms with Crippen LogP contribution in [0.25, 0.3) is 0 Å². The molecule has 1 saturated heterocycles. The topological polar surface area (TPSA) is 53.4 Å². The standard InChI is InChI=1S/C12H15ClN2O2/c13-11-2-1-10(8-14-11)15-5-3-9(4-6-15)7-12(16)17/h1-2,8-9H,3-7H2,(H,16,17). The van der Waals surface area contributed by atoms with Crippen molar-refractivity contribution in [3.8, 4) is 0 Å². The van der Waals surface area contributed by atoms with Crippen LogP contribution in [0.5, 0.6) is 0 Å². The number of hydrogen-bond donors (Lipinski definition) is 1. The van der Waals surface area contributed by atoms with Gasteiger partial charge in [-0.3, -0.25) is 4.79 Å². The number of anilines is 1. The van der Waals surface area contributed by atoms with Crippen LogP contribution in [0.4, 0.5) is 5.69 Å². The van der Waals surface area contributed by atoms with Gasteiger partial charge < -0.3 is 10.0 Å². The van der Waals surface area contributed by atoms with E-state index in [1.54, 1.807) is 12.3 Å². The van der Waals surface area contributed by atoms with E-state index in [0.29, 0.717) is 11.1 Å². The van der Waals surface area contributed by atoms with E-state index in [-0.39, 0.29) is 6.42 Å². The normalized spacial score (nSPS) is 17.1. The maximum Gasteiger partial charge on any atom is 0.303 e. The number of halogens is 1. The van der Waals surface area contributed by atoms with Crippen LogP contribution in [0, 0.1) is 5.92 Å². The Balaban J connectivity index is 1.90. The van der Waals surface area contributed by atoms with Crippen molar-refractivity contribution in [2.75, 3.05) is 18.0 Å². The van der Waals surface area contributed by atoms with Crippen LogP contribution in [-0.4, -0.2) is 29.1 Å². The zero-order valence-corrected chi connectivity index (χ0v) is 10.2. The molecule has 0 spiro atoms. The lowest BCUT2D eigenvalue weighted by Gasteiger charge is -2.32. The monoisotopic (exact) mass is 254 g/mol. The van der Waals surface area contributed by atoms with Gasteiger partial charge in [0.2, 0.25) is 0 Å². The lowest BCUT2D eigenvalue weighted by Crippen LogP contribution is -2.34. The number of carboxylic acids is 1. The highest BCUT2D eigenvalue weighted by atomic mass is 35.5. The Morgan fingerprint density at radius 1 is 1.47 bits per heavy atom. The van der Waals surface area contributed by atoms with Gasteiger partial charge in [-0.1, -0.05) is 11.6 Å². The van der Waals surface area contributed by atoms with Crippen molar-refractivity contribution < 1.29 is 9.90 Å². The van der Waals surface area contributed by atoms with Crippen molar-refractivity contribution in [2.24, 2.45) is 5.92 Å². The maximum absolute atomic E-state index is 10.6. The van der Waals surface area contributed by atoms with Crippen molar-refractivity contribution in [3.63, 3.8) is 0 Å². The van der Waals surface area contributed by atoms with Gasteiger partial charge in [-0.05, 0) is 30.9 Å². The van der Waals surface area contributed by atoms with Gasteiger partial charge in [0.1, 0.15) is 5.15 Å². The van der Waals surface area contributed by atoms with Crippen molar-refractivity contribution in [1.82, 2.24) is 4.98 Å². The Bertz CT molecular complexity index is 386. The molecule has 0 aromatic carbocycles. The quantitative estimate of drug-likeness (QED) is 0.842.